The van der Waals surface area contributed by atoms with Gasteiger partial charge in [-0.1, -0.05) is 11.8 Å². The molecule has 10 heteroatoms. The van der Waals surface area contributed by atoms with Crippen LogP contribution in [0.1, 0.15) is 16.7 Å². The lowest BCUT2D eigenvalue weighted by Gasteiger charge is -2.13. The van der Waals surface area contributed by atoms with Crippen molar-refractivity contribution >= 4 is 33.4 Å². The lowest BCUT2D eigenvalue weighted by Crippen LogP contribution is -2.23. The SMILES string of the molecule is Cc1cc(F)cc(C)c1CSc1nc2ncsc2c(=O)n1-c1ccc(=O)[nH]n1. The third kappa shape index (κ3) is 3.36. The first-order chi connectivity index (χ1) is 13.4. The fourth-order valence-corrected chi connectivity index (χ4v) is 4.70. The van der Waals surface area contributed by atoms with Crippen molar-refractivity contribution in [3.8, 4) is 5.82 Å². The zero-order chi connectivity index (χ0) is 19.8. The minimum atomic E-state index is -0.365. The van der Waals surface area contributed by atoms with Gasteiger partial charge < -0.3 is 0 Å². The van der Waals surface area contributed by atoms with Crippen LogP contribution in [0.3, 0.4) is 0 Å². The molecule has 0 bridgehead atoms. The second kappa shape index (κ2) is 7.28. The Kier molecular flexibility index (Phi) is 4.82. The summed E-state index contributed by atoms with van der Waals surface area (Å²) in [7, 11) is 0. The Labute approximate surface area is 166 Å². The maximum Gasteiger partial charge on any atom is 0.279 e. The molecule has 0 radical (unpaired) electrons. The van der Waals surface area contributed by atoms with Crippen molar-refractivity contribution in [1.29, 1.82) is 0 Å². The third-order valence-electron chi connectivity index (χ3n) is 4.24. The van der Waals surface area contributed by atoms with Crippen LogP contribution in [0.5, 0.6) is 0 Å². The zero-order valence-electron chi connectivity index (χ0n) is 14.9. The van der Waals surface area contributed by atoms with Gasteiger partial charge in [-0.2, -0.15) is 5.10 Å². The van der Waals surface area contributed by atoms with Crippen LogP contribution in [0.25, 0.3) is 16.2 Å². The van der Waals surface area contributed by atoms with Crippen molar-refractivity contribution in [1.82, 2.24) is 24.7 Å². The van der Waals surface area contributed by atoms with Crippen molar-refractivity contribution in [2.45, 2.75) is 24.8 Å². The second-order valence-electron chi connectivity index (χ2n) is 6.13. The summed E-state index contributed by atoms with van der Waals surface area (Å²) in [5, 5.41) is 6.70. The molecule has 0 amide bonds. The number of rotatable bonds is 4. The Hall–Kier alpha value is -2.85. The summed E-state index contributed by atoms with van der Waals surface area (Å²) >= 11 is 2.53. The summed E-state index contributed by atoms with van der Waals surface area (Å²) in [6.45, 7) is 3.69. The van der Waals surface area contributed by atoms with E-state index in [1.54, 1.807) is 5.51 Å². The summed E-state index contributed by atoms with van der Waals surface area (Å²) in [5.41, 5.74) is 3.89. The van der Waals surface area contributed by atoms with Crippen LogP contribution >= 0.6 is 23.1 Å². The standard InChI is InChI=1S/C18H14FN5O2S2/c1-9-5-11(19)6-10(2)12(9)7-27-18-21-16-15(28-8-20-16)17(26)24(18)13-3-4-14(25)23-22-13/h3-6,8H,7H2,1-2H3,(H,23,25). The number of halogens is 1. The molecule has 0 saturated heterocycles. The van der Waals surface area contributed by atoms with E-state index in [0.29, 0.717) is 21.3 Å². The van der Waals surface area contributed by atoms with Gasteiger partial charge in [-0.15, -0.1) is 11.3 Å². The highest BCUT2D eigenvalue weighted by molar-refractivity contribution is 7.98. The fourth-order valence-electron chi connectivity index (χ4n) is 2.86. The highest BCUT2D eigenvalue weighted by atomic mass is 32.2. The molecule has 0 aliphatic carbocycles. The Morgan fingerprint density at radius 1 is 1.21 bits per heavy atom. The summed E-state index contributed by atoms with van der Waals surface area (Å²) in [6, 6.07) is 5.73. The Morgan fingerprint density at radius 3 is 2.64 bits per heavy atom. The molecular formula is C18H14FN5O2S2. The van der Waals surface area contributed by atoms with Gasteiger partial charge in [-0.25, -0.2) is 24.0 Å². The van der Waals surface area contributed by atoms with E-state index in [0.717, 1.165) is 16.7 Å². The molecule has 4 rings (SSSR count). The van der Waals surface area contributed by atoms with Crippen molar-refractivity contribution < 1.29 is 4.39 Å². The quantitative estimate of drug-likeness (QED) is 0.407. The number of hydrogen-bond donors (Lipinski definition) is 1. The number of thioether (sulfide) groups is 1. The minimum Gasteiger partial charge on any atom is -0.268 e. The van der Waals surface area contributed by atoms with Gasteiger partial charge in [0.25, 0.3) is 11.1 Å². The molecule has 4 aromatic rings. The first kappa shape index (κ1) is 18.5. The Balaban J connectivity index is 1.82. The summed E-state index contributed by atoms with van der Waals surface area (Å²) in [6.07, 6.45) is 0. The molecule has 0 aliphatic rings. The first-order valence-corrected chi connectivity index (χ1v) is 10.1. The zero-order valence-corrected chi connectivity index (χ0v) is 16.5. The predicted molar refractivity (Wildman–Crippen MR) is 107 cm³/mol. The number of nitrogens with one attached hydrogen (secondary N) is 1. The topological polar surface area (TPSA) is 93.5 Å². The van der Waals surface area contributed by atoms with Crippen molar-refractivity contribution in [3.63, 3.8) is 0 Å². The number of nitrogens with zero attached hydrogens (tertiary/aromatic N) is 4. The molecule has 142 valence electrons. The highest BCUT2D eigenvalue weighted by Crippen LogP contribution is 2.27. The van der Waals surface area contributed by atoms with Crippen LogP contribution in [0.4, 0.5) is 4.39 Å². The second-order valence-corrected chi connectivity index (χ2v) is 7.92. The molecule has 0 spiro atoms. The molecule has 0 aliphatic heterocycles. The van der Waals surface area contributed by atoms with Gasteiger partial charge in [0, 0.05) is 11.8 Å². The predicted octanol–water partition coefficient (Wildman–Crippen LogP) is 2.97. The monoisotopic (exact) mass is 415 g/mol. The maximum absolute atomic E-state index is 13.6. The molecule has 28 heavy (non-hydrogen) atoms. The molecule has 3 aromatic heterocycles. The van der Waals surface area contributed by atoms with E-state index in [2.05, 4.69) is 20.2 Å². The van der Waals surface area contributed by atoms with Gasteiger partial charge in [0.2, 0.25) is 0 Å². The summed E-state index contributed by atoms with van der Waals surface area (Å²) < 4.78 is 15.3. The first-order valence-electron chi connectivity index (χ1n) is 8.25. The molecular weight excluding hydrogens is 401 g/mol. The molecule has 1 aromatic carbocycles. The van der Waals surface area contributed by atoms with E-state index in [1.165, 1.54) is 51.9 Å². The van der Waals surface area contributed by atoms with Crippen LogP contribution < -0.4 is 11.1 Å². The van der Waals surface area contributed by atoms with Gasteiger partial charge in [-0.05, 0) is 48.7 Å². The largest absolute Gasteiger partial charge is 0.279 e. The lowest BCUT2D eigenvalue weighted by atomic mass is 10.0. The molecule has 0 fully saturated rings. The van der Waals surface area contributed by atoms with Crippen molar-refractivity contribution in [2.24, 2.45) is 0 Å². The third-order valence-corrected chi connectivity index (χ3v) is 6.01. The number of hydrogen-bond acceptors (Lipinski definition) is 7. The number of aromatic amines is 1. The van der Waals surface area contributed by atoms with E-state index in [1.807, 2.05) is 13.8 Å². The van der Waals surface area contributed by atoms with Crippen LogP contribution in [-0.2, 0) is 5.75 Å². The van der Waals surface area contributed by atoms with E-state index in [9.17, 15) is 14.0 Å². The van der Waals surface area contributed by atoms with Crippen molar-refractivity contribution in [3.05, 3.63) is 73.0 Å². The summed E-state index contributed by atoms with van der Waals surface area (Å²) in [4.78, 5) is 33.0. The molecule has 0 saturated carbocycles. The molecule has 3 heterocycles. The van der Waals surface area contributed by atoms with Gasteiger partial charge in [-0.3, -0.25) is 9.59 Å². The lowest BCUT2D eigenvalue weighted by molar-refractivity contribution is 0.624. The van der Waals surface area contributed by atoms with E-state index >= 15 is 0 Å². The van der Waals surface area contributed by atoms with Crippen LogP contribution in [0.2, 0.25) is 0 Å². The van der Waals surface area contributed by atoms with E-state index in [4.69, 9.17) is 0 Å². The minimum absolute atomic E-state index is 0.266. The Bertz CT molecular complexity index is 1270. The number of aryl methyl sites for hydroxylation is 2. The Morgan fingerprint density at radius 2 is 1.96 bits per heavy atom. The van der Waals surface area contributed by atoms with Crippen LogP contribution in [0, 0.1) is 19.7 Å². The van der Waals surface area contributed by atoms with E-state index in [-0.39, 0.29) is 22.8 Å². The molecule has 0 atom stereocenters. The van der Waals surface area contributed by atoms with Gasteiger partial charge in [0.1, 0.15) is 10.5 Å². The normalized spacial score (nSPS) is 11.2. The van der Waals surface area contributed by atoms with Gasteiger partial charge in [0.15, 0.2) is 16.6 Å². The molecule has 7 nitrogen and oxygen atoms in total. The number of fused-ring (bicyclic) bond motifs is 1. The molecule has 1 N–H and O–H groups in total. The van der Waals surface area contributed by atoms with Gasteiger partial charge >= 0.3 is 0 Å². The average Bonchev–Trinajstić information content (AvgIpc) is 3.11. The van der Waals surface area contributed by atoms with Crippen LogP contribution in [0.15, 0.2) is 44.5 Å². The summed E-state index contributed by atoms with van der Waals surface area (Å²) in [5.74, 6) is 0.478. The molecule has 0 unspecified atom stereocenters. The fraction of sp³-hybridized carbons (Fsp3) is 0.167. The average molecular weight is 415 g/mol. The maximum atomic E-state index is 13.6. The van der Waals surface area contributed by atoms with Crippen molar-refractivity contribution in [2.75, 3.05) is 0 Å². The number of aromatic nitrogens is 5. The van der Waals surface area contributed by atoms with Gasteiger partial charge in [0.05, 0.1) is 5.51 Å². The van der Waals surface area contributed by atoms with Crippen LogP contribution in [-0.4, -0.2) is 24.7 Å². The van der Waals surface area contributed by atoms with E-state index < -0.39 is 0 Å². The number of benzene rings is 1. The highest BCUT2D eigenvalue weighted by Gasteiger charge is 2.17. The number of thiazole rings is 1. The number of H-pyrrole nitrogens is 1. The smallest absolute Gasteiger partial charge is 0.268 e.